The van der Waals surface area contributed by atoms with E-state index >= 15 is 0 Å². The number of rotatable bonds is 6. The van der Waals surface area contributed by atoms with Crippen molar-refractivity contribution in [3.63, 3.8) is 0 Å². The van der Waals surface area contributed by atoms with Gasteiger partial charge in [0.1, 0.15) is 16.9 Å². The Balaban J connectivity index is 2.09. The van der Waals surface area contributed by atoms with Crippen LogP contribution in [0.5, 0.6) is 0 Å². The SMILES string of the molecule is NC(=O)c1sc(Nc2cc(C=O)ccc2[N+](=O)[O-])nc1-c1ccccc1Cl. The fourth-order valence-corrected chi connectivity index (χ4v) is 3.45. The predicted octanol–water partition coefficient (Wildman–Crippen LogP) is 4.03. The Kier molecular flexibility index (Phi) is 5.15. The number of aldehydes is 1. The largest absolute Gasteiger partial charge is 0.365 e. The van der Waals surface area contributed by atoms with E-state index < -0.39 is 10.8 Å². The van der Waals surface area contributed by atoms with Gasteiger partial charge in [-0.25, -0.2) is 4.98 Å². The Bertz CT molecular complexity index is 1070. The first-order valence-corrected chi connectivity index (χ1v) is 8.66. The molecule has 3 aromatic rings. The Morgan fingerprint density at radius 2 is 2.04 bits per heavy atom. The van der Waals surface area contributed by atoms with Gasteiger partial charge in [-0.05, 0) is 18.2 Å². The summed E-state index contributed by atoms with van der Waals surface area (Å²) in [5.74, 6) is -0.702. The summed E-state index contributed by atoms with van der Waals surface area (Å²) in [5.41, 5.74) is 6.30. The number of anilines is 2. The van der Waals surface area contributed by atoms with Crippen LogP contribution in [-0.2, 0) is 0 Å². The molecule has 1 aromatic heterocycles. The molecule has 0 saturated carbocycles. The number of hydrogen-bond acceptors (Lipinski definition) is 7. The molecule has 0 aliphatic rings. The molecule has 0 bridgehead atoms. The number of aromatic nitrogens is 1. The number of amides is 1. The van der Waals surface area contributed by atoms with Crippen LogP contribution in [0.3, 0.4) is 0 Å². The number of nitro benzene ring substituents is 1. The number of thiazole rings is 1. The molecule has 0 aliphatic heterocycles. The number of nitrogens with two attached hydrogens (primary N) is 1. The van der Waals surface area contributed by atoms with E-state index in [2.05, 4.69) is 10.3 Å². The minimum Gasteiger partial charge on any atom is -0.365 e. The van der Waals surface area contributed by atoms with Crippen molar-refractivity contribution in [3.8, 4) is 11.3 Å². The molecule has 8 nitrogen and oxygen atoms in total. The van der Waals surface area contributed by atoms with Gasteiger partial charge in [0, 0.05) is 17.2 Å². The summed E-state index contributed by atoms with van der Waals surface area (Å²) in [4.78, 5) is 37.9. The topological polar surface area (TPSA) is 128 Å². The molecule has 0 saturated heterocycles. The average Bonchev–Trinajstić information content (AvgIpc) is 3.05. The van der Waals surface area contributed by atoms with E-state index in [1.165, 1.54) is 18.2 Å². The maximum absolute atomic E-state index is 11.8. The van der Waals surface area contributed by atoms with Crippen molar-refractivity contribution in [1.82, 2.24) is 4.98 Å². The summed E-state index contributed by atoms with van der Waals surface area (Å²) < 4.78 is 0. The molecule has 27 heavy (non-hydrogen) atoms. The smallest absolute Gasteiger partial charge is 0.292 e. The highest BCUT2D eigenvalue weighted by molar-refractivity contribution is 7.18. The maximum Gasteiger partial charge on any atom is 0.292 e. The van der Waals surface area contributed by atoms with Crippen LogP contribution in [0.4, 0.5) is 16.5 Å². The van der Waals surface area contributed by atoms with Crippen LogP contribution in [0.15, 0.2) is 42.5 Å². The average molecular weight is 403 g/mol. The lowest BCUT2D eigenvalue weighted by Crippen LogP contribution is -2.10. The molecule has 1 heterocycles. The number of benzene rings is 2. The summed E-state index contributed by atoms with van der Waals surface area (Å²) in [6.07, 6.45) is 0.570. The zero-order valence-electron chi connectivity index (χ0n) is 13.5. The van der Waals surface area contributed by atoms with Crippen LogP contribution in [0.25, 0.3) is 11.3 Å². The van der Waals surface area contributed by atoms with Gasteiger partial charge in [-0.3, -0.25) is 19.7 Å². The summed E-state index contributed by atoms with van der Waals surface area (Å²) in [6, 6.07) is 10.7. The van der Waals surface area contributed by atoms with Gasteiger partial charge < -0.3 is 11.1 Å². The molecule has 0 unspecified atom stereocenters. The van der Waals surface area contributed by atoms with Crippen molar-refractivity contribution < 1.29 is 14.5 Å². The summed E-state index contributed by atoms with van der Waals surface area (Å²) >= 11 is 7.11. The lowest BCUT2D eigenvalue weighted by Gasteiger charge is -2.04. The van der Waals surface area contributed by atoms with Gasteiger partial charge >= 0.3 is 0 Å². The Hall–Kier alpha value is -3.30. The first-order valence-electron chi connectivity index (χ1n) is 7.47. The van der Waals surface area contributed by atoms with Crippen LogP contribution in [-0.4, -0.2) is 22.1 Å². The fourth-order valence-electron chi connectivity index (χ4n) is 2.38. The summed E-state index contributed by atoms with van der Waals surface area (Å²) in [5, 5.41) is 14.6. The highest BCUT2D eigenvalue weighted by Crippen LogP contribution is 2.37. The number of hydrogen-bond donors (Lipinski definition) is 2. The van der Waals surface area contributed by atoms with Gasteiger partial charge in [-0.15, -0.1) is 0 Å². The normalized spacial score (nSPS) is 10.4. The van der Waals surface area contributed by atoms with Crippen LogP contribution in [0, 0.1) is 10.1 Å². The third-order valence-corrected chi connectivity index (χ3v) is 4.89. The van der Waals surface area contributed by atoms with Crippen LogP contribution < -0.4 is 11.1 Å². The number of carbonyl (C=O) groups excluding carboxylic acids is 2. The first-order chi connectivity index (χ1) is 12.9. The van der Waals surface area contributed by atoms with Gasteiger partial charge in [0.2, 0.25) is 0 Å². The lowest BCUT2D eigenvalue weighted by atomic mass is 10.1. The van der Waals surface area contributed by atoms with Crippen molar-refractivity contribution in [2.24, 2.45) is 5.73 Å². The third-order valence-electron chi connectivity index (χ3n) is 3.57. The van der Waals surface area contributed by atoms with Crippen LogP contribution in [0.1, 0.15) is 20.0 Å². The van der Waals surface area contributed by atoms with Crippen molar-refractivity contribution >= 4 is 51.6 Å². The van der Waals surface area contributed by atoms with E-state index in [4.69, 9.17) is 17.3 Å². The van der Waals surface area contributed by atoms with Gasteiger partial charge in [-0.2, -0.15) is 0 Å². The molecule has 0 spiro atoms. The van der Waals surface area contributed by atoms with E-state index in [1.807, 2.05) is 0 Å². The number of nitro groups is 1. The fraction of sp³-hybridized carbons (Fsp3) is 0. The summed E-state index contributed by atoms with van der Waals surface area (Å²) in [7, 11) is 0. The van der Waals surface area contributed by atoms with E-state index in [0.29, 0.717) is 16.9 Å². The monoisotopic (exact) mass is 402 g/mol. The highest BCUT2D eigenvalue weighted by Gasteiger charge is 2.21. The molecule has 0 atom stereocenters. The maximum atomic E-state index is 11.8. The molecule has 3 rings (SSSR count). The van der Waals surface area contributed by atoms with E-state index in [1.54, 1.807) is 24.3 Å². The molecule has 0 fully saturated rings. The lowest BCUT2D eigenvalue weighted by molar-refractivity contribution is -0.383. The quantitative estimate of drug-likeness (QED) is 0.364. The zero-order chi connectivity index (χ0) is 19.6. The van der Waals surface area contributed by atoms with Gasteiger partial charge in [0.05, 0.1) is 15.6 Å². The minimum atomic E-state index is -0.702. The molecule has 0 radical (unpaired) electrons. The van der Waals surface area contributed by atoms with Crippen molar-refractivity contribution in [2.75, 3.05) is 5.32 Å². The van der Waals surface area contributed by atoms with E-state index in [0.717, 1.165) is 11.3 Å². The number of primary amides is 1. The predicted molar refractivity (Wildman–Crippen MR) is 103 cm³/mol. The zero-order valence-corrected chi connectivity index (χ0v) is 15.1. The van der Waals surface area contributed by atoms with Crippen molar-refractivity contribution in [2.45, 2.75) is 0 Å². The first kappa shape index (κ1) is 18.5. The minimum absolute atomic E-state index is 0.0695. The molecule has 1 amide bonds. The molecule has 136 valence electrons. The number of nitrogens with one attached hydrogen (secondary N) is 1. The Morgan fingerprint density at radius 1 is 1.30 bits per heavy atom. The van der Waals surface area contributed by atoms with Gasteiger partial charge in [-0.1, -0.05) is 41.1 Å². The van der Waals surface area contributed by atoms with Gasteiger partial charge in [0.25, 0.3) is 11.6 Å². The third kappa shape index (κ3) is 3.78. The van der Waals surface area contributed by atoms with Crippen LogP contribution >= 0.6 is 22.9 Å². The number of halogens is 1. The molecule has 2 aromatic carbocycles. The molecular weight excluding hydrogens is 392 g/mol. The van der Waals surface area contributed by atoms with E-state index in [-0.39, 0.29) is 32.6 Å². The number of nitrogens with zero attached hydrogens (tertiary/aromatic N) is 2. The van der Waals surface area contributed by atoms with Crippen molar-refractivity contribution in [1.29, 1.82) is 0 Å². The van der Waals surface area contributed by atoms with E-state index in [9.17, 15) is 19.7 Å². The number of carbonyl (C=O) groups is 2. The van der Waals surface area contributed by atoms with Crippen molar-refractivity contribution in [3.05, 3.63) is 68.0 Å². The highest BCUT2D eigenvalue weighted by atomic mass is 35.5. The second kappa shape index (κ2) is 7.52. The summed E-state index contributed by atoms with van der Waals surface area (Å²) in [6.45, 7) is 0. The standard InChI is InChI=1S/C17H11ClN4O4S/c18-11-4-2-1-3-10(11)14-15(16(19)24)27-17(21-14)20-12-7-9(8-23)5-6-13(12)22(25)26/h1-8H,(H2,19,24)(H,20,21). The second-order valence-corrected chi connectivity index (χ2v) is 6.72. The van der Waals surface area contributed by atoms with Crippen LogP contribution in [0.2, 0.25) is 5.02 Å². The second-order valence-electron chi connectivity index (χ2n) is 5.32. The molecular formula is C17H11ClN4O4S. The molecule has 0 aliphatic carbocycles. The van der Waals surface area contributed by atoms with Gasteiger partial charge in [0.15, 0.2) is 5.13 Å². The Morgan fingerprint density at radius 3 is 2.67 bits per heavy atom. The molecule has 3 N–H and O–H groups in total. The Labute approximate surface area is 161 Å². The molecule has 10 heteroatoms.